The maximum atomic E-state index is 11.2. The molecule has 1 aliphatic heterocycles. The average molecular weight is 244 g/mol. The van der Waals surface area contributed by atoms with E-state index >= 15 is 0 Å². The first kappa shape index (κ1) is 13.4. The van der Waals surface area contributed by atoms with Crippen LogP contribution in [0.3, 0.4) is 0 Å². The molecule has 0 radical (unpaired) electrons. The predicted octanol–water partition coefficient (Wildman–Crippen LogP) is 0.384. The Morgan fingerprint density at radius 2 is 1.78 bits per heavy atom. The molecule has 0 aromatic heterocycles. The number of carbonyl (C=O) groups is 3. The van der Waals surface area contributed by atoms with E-state index in [-0.39, 0.29) is 11.8 Å². The molecule has 0 saturated heterocycles. The van der Waals surface area contributed by atoms with Gasteiger partial charge in [-0.05, 0) is 11.6 Å². The fourth-order valence-electron chi connectivity index (χ4n) is 1.24. The minimum absolute atomic E-state index is 0.323. The molecule has 0 aliphatic carbocycles. The highest BCUT2D eigenvalue weighted by molar-refractivity contribution is 6.33. The van der Waals surface area contributed by atoms with Gasteiger partial charge >= 0.3 is 0 Å². The van der Waals surface area contributed by atoms with Crippen LogP contribution >= 0.6 is 0 Å². The third kappa shape index (κ3) is 3.71. The quantitative estimate of drug-likeness (QED) is 0.582. The summed E-state index contributed by atoms with van der Waals surface area (Å²) in [6, 6.07) is 9.10. The zero-order chi connectivity index (χ0) is 13.5. The molecule has 1 aromatic rings. The number of benzene rings is 1. The van der Waals surface area contributed by atoms with Crippen LogP contribution in [0.5, 0.6) is 0 Å². The number of imide groups is 1. The lowest BCUT2D eigenvalue weighted by atomic mass is 10.1. The summed E-state index contributed by atoms with van der Waals surface area (Å²) in [4.78, 5) is 31.5. The van der Waals surface area contributed by atoms with Crippen molar-refractivity contribution in [3.63, 3.8) is 0 Å². The fourth-order valence-corrected chi connectivity index (χ4v) is 1.24. The standard InChI is InChI=1S/C10H7NO2.C3H5NO/c12-9-6-8(10(13)11-9)7-4-2-1-3-5-7;1-2-3(4)5/h1-6H,(H,11,12,13);2H,1H2,(H2,4,5). The molecule has 5 nitrogen and oxygen atoms in total. The number of nitrogens with one attached hydrogen (secondary N) is 1. The van der Waals surface area contributed by atoms with Crippen molar-refractivity contribution in [2.75, 3.05) is 0 Å². The Morgan fingerprint density at radius 1 is 1.22 bits per heavy atom. The lowest BCUT2D eigenvalue weighted by molar-refractivity contribution is -0.123. The fraction of sp³-hybridized carbons (Fsp3) is 0. The van der Waals surface area contributed by atoms with E-state index in [1.54, 1.807) is 12.1 Å². The predicted molar refractivity (Wildman–Crippen MR) is 67.0 cm³/mol. The van der Waals surface area contributed by atoms with Crippen molar-refractivity contribution in [1.82, 2.24) is 5.32 Å². The van der Waals surface area contributed by atoms with Crippen molar-refractivity contribution in [3.8, 4) is 0 Å². The van der Waals surface area contributed by atoms with Crippen LogP contribution in [0, 0.1) is 0 Å². The lowest BCUT2D eigenvalue weighted by Crippen LogP contribution is -2.21. The van der Waals surface area contributed by atoms with Gasteiger partial charge in [0.25, 0.3) is 11.8 Å². The van der Waals surface area contributed by atoms with Crippen molar-refractivity contribution in [2.45, 2.75) is 0 Å². The summed E-state index contributed by atoms with van der Waals surface area (Å²) in [5.74, 6) is -1.15. The number of rotatable bonds is 2. The second kappa shape index (κ2) is 6.15. The molecule has 1 aromatic carbocycles. The summed E-state index contributed by atoms with van der Waals surface area (Å²) < 4.78 is 0. The van der Waals surface area contributed by atoms with Crippen LogP contribution in [0.4, 0.5) is 0 Å². The van der Waals surface area contributed by atoms with Crippen LogP contribution in [-0.4, -0.2) is 17.7 Å². The number of primary amides is 1. The van der Waals surface area contributed by atoms with Gasteiger partial charge in [0, 0.05) is 6.08 Å². The third-order valence-corrected chi connectivity index (χ3v) is 2.04. The van der Waals surface area contributed by atoms with Crippen molar-refractivity contribution < 1.29 is 14.4 Å². The second-order valence-electron chi connectivity index (χ2n) is 3.35. The van der Waals surface area contributed by atoms with E-state index in [0.29, 0.717) is 5.57 Å². The summed E-state index contributed by atoms with van der Waals surface area (Å²) in [5, 5.41) is 2.19. The average Bonchev–Trinajstić information content (AvgIpc) is 2.70. The Bertz CT molecular complexity index is 518. The van der Waals surface area contributed by atoms with Crippen LogP contribution < -0.4 is 11.1 Å². The van der Waals surface area contributed by atoms with Crippen molar-refractivity contribution >= 4 is 23.3 Å². The number of hydrogen-bond donors (Lipinski definition) is 2. The Hall–Kier alpha value is -2.69. The highest BCUT2D eigenvalue weighted by atomic mass is 16.2. The summed E-state index contributed by atoms with van der Waals surface area (Å²) in [6.07, 6.45) is 2.37. The van der Waals surface area contributed by atoms with E-state index in [1.165, 1.54) is 6.08 Å². The topological polar surface area (TPSA) is 89.3 Å². The zero-order valence-electron chi connectivity index (χ0n) is 9.55. The van der Waals surface area contributed by atoms with E-state index in [4.69, 9.17) is 0 Å². The molecule has 0 saturated carbocycles. The van der Waals surface area contributed by atoms with Gasteiger partial charge in [-0.3, -0.25) is 19.7 Å². The lowest BCUT2D eigenvalue weighted by Gasteiger charge is -1.97. The molecule has 0 fully saturated rings. The van der Waals surface area contributed by atoms with Crippen LogP contribution in [0.15, 0.2) is 49.1 Å². The first-order chi connectivity index (χ1) is 8.54. The smallest absolute Gasteiger partial charge is 0.258 e. The molecule has 92 valence electrons. The Balaban J connectivity index is 0.000000280. The number of carbonyl (C=O) groups excluding carboxylic acids is 3. The molecule has 0 spiro atoms. The molecule has 3 N–H and O–H groups in total. The molecule has 0 bridgehead atoms. The molecule has 18 heavy (non-hydrogen) atoms. The van der Waals surface area contributed by atoms with Gasteiger partial charge in [-0.2, -0.15) is 0 Å². The van der Waals surface area contributed by atoms with Crippen molar-refractivity contribution in [2.24, 2.45) is 5.73 Å². The number of nitrogens with two attached hydrogens (primary N) is 1. The molecule has 3 amide bonds. The summed E-state index contributed by atoms with van der Waals surface area (Å²) in [6.45, 7) is 3.09. The van der Waals surface area contributed by atoms with Gasteiger partial charge < -0.3 is 5.73 Å². The summed E-state index contributed by atoms with van der Waals surface area (Å²) in [7, 11) is 0. The summed E-state index contributed by atoms with van der Waals surface area (Å²) in [5.41, 5.74) is 5.74. The molecule has 1 heterocycles. The van der Waals surface area contributed by atoms with E-state index in [0.717, 1.165) is 11.6 Å². The van der Waals surface area contributed by atoms with Gasteiger partial charge in [-0.15, -0.1) is 0 Å². The highest BCUT2D eigenvalue weighted by Crippen LogP contribution is 2.16. The van der Waals surface area contributed by atoms with E-state index in [2.05, 4.69) is 17.6 Å². The van der Waals surface area contributed by atoms with E-state index in [1.807, 2.05) is 18.2 Å². The summed E-state index contributed by atoms with van der Waals surface area (Å²) >= 11 is 0. The molecule has 0 unspecified atom stereocenters. The minimum Gasteiger partial charge on any atom is -0.366 e. The van der Waals surface area contributed by atoms with Gasteiger partial charge in [0.1, 0.15) is 0 Å². The largest absolute Gasteiger partial charge is 0.366 e. The Morgan fingerprint density at radius 3 is 2.17 bits per heavy atom. The molecular formula is C13H12N2O3. The second-order valence-corrected chi connectivity index (χ2v) is 3.35. The minimum atomic E-state index is -0.481. The van der Waals surface area contributed by atoms with Crippen LogP contribution in [0.2, 0.25) is 0 Å². The van der Waals surface area contributed by atoms with Crippen molar-refractivity contribution in [3.05, 3.63) is 54.6 Å². The molecular weight excluding hydrogens is 232 g/mol. The van der Waals surface area contributed by atoms with Crippen LogP contribution in [0.25, 0.3) is 5.57 Å². The van der Waals surface area contributed by atoms with Crippen molar-refractivity contribution in [1.29, 1.82) is 0 Å². The molecule has 5 heteroatoms. The highest BCUT2D eigenvalue weighted by Gasteiger charge is 2.21. The number of amides is 3. The van der Waals surface area contributed by atoms with Gasteiger partial charge in [-0.25, -0.2) is 0 Å². The zero-order valence-corrected chi connectivity index (χ0v) is 9.55. The normalized spacial score (nSPS) is 13.0. The monoisotopic (exact) mass is 244 g/mol. The van der Waals surface area contributed by atoms with Crippen LogP contribution in [0.1, 0.15) is 5.56 Å². The molecule has 2 rings (SSSR count). The number of hydrogen-bond acceptors (Lipinski definition) is 3. The van der Waals surface area contributed by atoms with Crippen LogP contribution in [-0.2, 0) is 14.4 Å². The Kier molecular flexibility index (Phi) is 4.57. The maximum absolute atomic E-state index is 11.2. The van der Waals surface area contributed by atoms with Gasteiger partial charge in [0.2, 0.25) is 5.91 Å². The Labute approximate surface area is 104 Å². The van der Waals surface area contributed by atoms with E-state index in [9.17, 15) is 14.4 Å². The van der Waals surface area contributed by atoms with E-state index < -0.39 is 5.91 Å². The molecule has 0 atom stereocenters. The van der Waals surface area contributed by atoms with Gasteiger partial charge in [0.05, 0.1) is 5.57 Å². The van der Waals surface area contributed by atoms with Gasteiger partial charge in [-0.1, -0.05) is 36.9 Å². The third-order valence-electron chi connectivity index (χ3n) is 2.04. The first-order valence-corrected chi connectivity index (χ1v) is 5.09. The SMILES string of the molecule is C=CC(N)=O.O=C1C=C(c2ccccc2)C(=O)N1. The maximum Gasteiger partial charge on any atom is 0.258 e. The molecule has 1 aliphatic rings. The van der Waals surface area contributed by atoms with Gasteiger partial charge in [0.15, 0.2) is 0 Å². The first-order valence-electron chi connectivity index (χ1n) is 5.09.